The van der Waals surface area contributed by atoms with E-state index >= 15 is 0 Å². The number of amides is 1. The number of carbonyl (C=O) groups excluding carboxylic acids is 1. The molecule has 0 aliphatic carbocycles. The molecule has 1 heterocycles. The molecule has 2 rings (SSSR count). The summed E-state index contributed by atoms with van der Waals surface area (Å²) in [4.78, 5) is 13.6. The molecule has 0 spiro atoms. The van der Waals surface area contributed by atoms with Gasteiger partial charge in [-0.3, -0.25) is 10.1 Å². The Bertz CT molecular complexity index is 404. The van der Waals surface area contributed by atoms with Crippen LogP contribution >= 0.6 is 15.9 Å². The molecule has 0 bridgehead atoms. The van der Waals surface area contributed by atoms with Gasteiger partial charge in [0.2, 0.25) is 5.91 Å². The third-order valence-electron chi connectivity index (χ3n) is 3.25. The summed E-state index contributed by atoms with van der Waals surface area (Å²) >= 11 is 3.42. The lowest BCUT2D eigenvalue weighted by Crippen LogP contribution is -2.38. The van der Waals surface area contributed by atoms with Crippen molar-refractivity contribution in [2.75, 3.05) is 13.6 Å². The molecular weight excluding hydrogens is 280 g/mol. The van der Waals surface area contributed by atoms with E-state index in [0.717, 1.165) is 17.4 Å². The van der Waals surface area contributed by atoms with Crippen LogP contribution < -0.4 is 5.32 Å². The molecule has 0 saturated carbocycles. The van der Waals surface area contributed by atoms with Gasteiger partial charge in [-0.1, -0.05) is 28.1 Å². The number of halogens is 1. The minimum absolute atomic E-state index is 0.0290. The van der Waals surface area contributed by atoms with Gasteiger partial charge in [0.05, 0.1) is 6.04 Å². The maximum atomic E-state index is 11.8. The fourth-order valence-electron chi connectivity index (χ4n) is 2.13. The Kier molecular flexibility index (Phi) is 3.84. The molecule has 1 aromatic rings. The predicted molar refractivity (Wildman–Crippen MR) is 71.7 cm³/mol. The molecule has 4 heteroatoms. The number of rotatable bonds is 3. The summed E-state index contributed by atoms with van der Waals surface area (Å²) in [5.74, 6) is 0.203. The highest BCUT2D eigenvalue weighted by molar-refractivity contribution is 9.10. The number of hydrogen-bond acceptors (Lipinski definition) is 2. The van der Waals surface area contributed by atoms with Gasteiger partial charge in [-0.25, -0.2) is 0 Å². The monoisotopic (exact) mass is 296 g/mol. The Labute approximate surface area is 110 Å². The van der Waals surface area contributed by atoms with Crippen molar-refractivity contribution in [1.29, 1.82) is 0 Å². The molecule has 1 saturated heterocycles. The molecule has 1 aliphatic rings. The summed E-state index contributed by atoms with van der Waals surface area (Å²) in [6.45, 7) is 2.94. The van der Waals surface area contributed by atoms with Crippen LogP contribution in [-0.2, 0) is 4.79 Å². The van der Waals surface area contributed by atoms with Crippen molar-refractivity contribution in [1.82, 2.24) is 10.2 Å². The lowest BCUT2D eigenvalue weighted by Gasteiger charge is -2.19. The maximum Gasteiger partial charge on any atom is 0.239 e. The molecule has 3 nitrogen and oxygen atoms in total. The highest BCUT2D eigenvalue weighted by Gasteiger charge is 2.29. The van der Waals surface area contributed by atoms with Crippen LogP contribution in [-0.4, -0.2) is 30.4 Å². The number of nitrogens with zero attached hydrogens (tertiary/aromatic N) is 1. The summed E-state index contributed by atoms with van der Waals surface area (Å²) in [6.07, 6.45) is 0.899. The average Bonchev–Trinajstić information content (AvgIpc) is 2.62. The second kappa shape index (κ2) is 5.19. The Morgan fingerprint density at radius 3 is 2.59 bits per heavy atom. The molecule has 2 atom stereocenters. The van der Waals surface area contributed by atoms with Crippen LogP contribution in [0.1, 0.15) is 24.9 Å². The van der Waals surface area contributed by atoms with Crippen molar-refractivity contribution >= 4 is 21.8 Å². The molecule has 1 fully saturated rings. The molecule has 0 radical (unpaired) electrons. The summed E-state index contributed by atoms with van der Waals surface area (Å²) in [7, 11) is 1.86. The Hall–Kier alpha value is -0.870. The van der Waals surface area contributed by atoms with Crippen LogP contribution in [0, 0.1) is 0 Å². The van der Waals surface area contributed by atoms with E-state index in [4.69, 9.17) is 0 Å². The first-order valence-electron chi connectivity index (χ1n) is 5.84. The van der Waals surface area contributed by atoms with Gasteiger partial charge in [0.25, 0.3) is 0 Å². The predicted octanol–water partition coefficient (Wildman–Crippen LogP) is 2.33. The van der Waals surface area contributed by atoms with Crippen molar-refractivity contribution in [3.63, 3.8) is 0 Å². The first-order valence-corrected chi connectivity index (χ1v) is 6.63. The highest BCUT2D eigenvalue weighted by atomic mass is 79.9. The van der Waals surface area contributed by atoms with Gasteiger partial charge in [-0.15, -0.1) is 0 Å². The Morgan fingerprint density at radius 2 is 2.06 bits per heavy atom. The molecule has 0 aromatic heterocycles. The maximum absolute atomic E-state index is 11.8. The van der Waals surface area contributed by atoms with E-state index in [0.29, 0.717) is 0 Å². The summed E-state index contributed by atoms with van der Waals surface area (Å²) < 4.78 is 1.07. The van der Waals surface area contributed by atoms with Gasteiger partial charge in [0.1, 0.15) is 0 Å². The second-order valence-electron chi connectivity index (χ2n) is 4.54. The van der Waals surface area contributed by atoms with E-state index in [9.17, 15) is 4.79 Å². The number of likely N-dealkylation sites (N-methyl/N-ethyl adjacent to an activating group) is 1. The topological polar surface area (TPSA) is 32.3 Å². The normalized spacial score (nSPS) is 21.9. The first kappa shape index (κ1) is 12.6. The molecule has 1 aliphatic heterocycles. The van der Waals surface area contributed by atoms with Gasteiger partial charge in [-0.05, 0) is 31.0 Å². The third kappa shape index (κ3) is 2.87. The fourth-order valence-corrected chi connectivity index (χ4v) is 2.39. The van der Waals surface area contributed by atoms with E-state index in [1.165, 1.54) is 5.56 Å². The largest absolute Gasteiger partial charge is 0.344 e. The number of benzene rings is 1. The lowest BCUT2D eigenvalue weighted by molar-refractivity contribution is -0.128. The minimum Gasteiger partial charge on any atom is -0.344 e. The van der Waals surface area contributed by atoms with E-state index in [-0.39, 0.29) is 18.0 Å². The first-order chi connectivity index (χ1) is 8.08. The van der Waals surface area contributed by atoms with Crippen molar-refractivity contribution in [3.8, 4) is 0 Å². The summed E-state index contributed by atoms with van der Waals surface area (Å²) in [5, 5.41) is 3.39. The molecule has 1 amide bonds. The van der Waals surface area contributed by atoms with Gasteiger partial charge in [-0.2, -0.15) is 0 Å². The van der Waals surface area contributed by atoms with Gasteiger partial charge in [0.15, 0.2) is 0 Å². The van der Waals surface area contributed by atoms with Crippen LogP contribution in [0.15, 0.2) is 28.7 Å². The smallest absolute Gasteiger partial charge is 0.239 e. The zero-order valence-corrected chi connectivity index (χ0v) is 11.7. The van der Waals surface area contributed by atoms with Crippen LogP contribution in [0.3, 0.4) is 0 Å². The second-order valence-corrected chi connectivity index (χ2v) is 5.46. The van der Waals surface area contributed by atoms with E-state index < -0.39 is 0 Å². The Balaban J connectivity index is 1.99. The molecule has 92 valence electrons. The molecular formula is C13H17BrN2O. The van der Waals surface area contributed by atoms with Crippen LogP contribution in [0.25, 0.3) is 0 Å². The van der Waals surface area contributed by atoms with Crippen molar-refractivity contribution in [2.24, 2.45) is 0 Å². The lowest BCUT2D eigenvalue weighted by atomic mass is 10.1. The van der Waals surface area contributed by atoms with Gasteiger partial charge < -0.3 is 4.90 Å². The molecule has 1 N–H and O–H groups in total. The number of nitrogens with one attached hydrogen (secondary N) is 1. The van der Waals surface area contributed by atoms with Crippen molar-refractivity contribution in [3.05, 3.63) is 34.3 Å². The number of carbonyl (C=O) groups is 1. The zero-order valence-electron chi connectivity index (χ0n) is 10.1. The average molecular weight is 297 g/mol. The van der Waals surface area contributed by atoms with Crippen LogP contribution in [0.5, 0.6) is 0 Å². The summed E-state index contributed by atoms with van der Waals surface area (Å²) in [6, 6.07) is 8.37. The molecule has 2 unspecified atom stereocenters. The molecule has 17 heavy (non-hydrogen) atoms. The Morgan fingerprint density at radius 1 is 1.41 bits per heavy atom. The number of likely N-dealkylation sites (tertiary alicyclic amines) is 1. The van der Waals surface area contributed by atoms with Gasteiger partial charge >= 0.3 is 0 Å². The van der Waals surface area contributed by atoms with Crippen molar-refractivity contribution < 1.29 is 4.79 Å². The van der Waals surface area contributed by atoms with E-state index in [2.05, 4.69) is 40.3 Å². The third-order valence-corrected chi connectivity index (χ3v) is 3.78. The highest BCUT2D eigenvalue weighted by Crippen LogP contribution is 2.19. The van der Waals surface area contributed by atoms with E-state index in [1.54, 1.807) is 4.90 Å². The zero-order chi connectivity index (χ0) is 12.4. The quantitative estimate of drug-likeness (QED) is 0.928. The minimum atomic E-state index is -0.0290. The SMILES string of the molecule is CC(NC1CCN(C)C1=O)c1ccc(Br)cc1. The number of hydrogen-bond donors (Lipinski definition) is 1. The fraction of sp³-hybridized carbons (Fsp3) is 0.462. The molecule has 1 aromatic carbocycles. The standard InChI is InChI=1S/C13H17BrN2O/c1-9(10-3-5-11(14)6-4-10)15-12-7-8-16(2)13(12)17/h3-6,9,12,15H,7-8H2,1-2H3. The van der Waals surface area contributed by atoms with Crippen molar-refractivity contribution in [2.45, 2.75) is 25.4 Å². The van der Waals surface area contributed by atoms with Crippen LogP contribution in [0.4, 0.5) is 0 Å². The van der Waals surface area contributed by atoms with Gasteiger partial charge in [0, 0.05) is 24.1 Å². The summed E-state index contributed by atoms with van der Waals surface area (Å²) in [5.41, 5.74) is 1.20. The van der Waals surface area contributed by atoms with Crippen LogP contribution in [0.2, 0.25) is 0 Å². The van der Waals surface area contributed by atoms with E-state index in [1.807, 2.05) is 19.2 Å².